The lowest BCUT2D eigenvalue weighted by molar-refractivity contribution is 0.183. The van der Waals surface area contributed by atoms with Crippen molar-refractivity contribution in [2.45, 2.75) is 13.5 Å². The molecule has 0 aromatic carbocycles. The van der Waals surface area contributed by atoms with Gasteiger partial charge in [-0.3, -0.25) is 9.25 Å². The van der Waals surface area contributed by atoms with Gasteiger partial charge in [0.05, 0.1) is 30.7 Å². The highest BCUT2D eigenvalue weighted by molar-refractivity contribution is 5.40. The van der Waals surface area contributed by atoms with Crippen molar-refractivity contribution in [1.29, 1.82) is 0 Å². The van der Waals surface area contributed by atoms with E-state index in [-0.39, 0.29) is 0 Å². The summed E-state index contributed by atoms with van der Waals surface area (Å²) in [5, 5.41) is 7.33. The van der Waals surface area contributed by atoms with Crippen LogP contribution < -0.4 is 5.32 Å². The van der Waals surface area contributed by atoms with Crippen LogP contribution in [0.3, 0.4) is 0 Å². The van der Waals surface area contributed by atoms with E-state index in [9.17, 15) is 0 Å². The van der Waals surface area contributed by atoms with Crippen molar-refractivity contribution in [2.24, 2.45) is 0 Å². The minimum Gasteiger partial charge on any atom is -0.383 e. The Balaban J connectivity index is 2.23. The third kappa shape index (κ3) is 2.47. The molecule has 2 aromatic rings. The number of anilines is 1. The number of nitrogens with one attached hydrogen (secondary N) is 1. The van der Waals surface area contributed by atoms with Gasteiger partial charge in [0.1, 0.15) is 0 Å². The van der Waals surface area contributed by atoms with Crippen molar-refractivity contribution in [3.8, 4) is 5.69 Å². The molecule has 0 spiro atoms. The molecular weight excluding hydrogens is 218 g/mol. The summed E-state index contributed by atoms with van der Waals surface area (Å²) < 4.78 is 8.85. The van der Waals surface area contributed by atoms with Crippen LogP contribution in [0.5, 0.6) is 0 Å². The van der Waals surface area contributed by atoms with Gasteiger partial charge >= 0.3 is 0 Å². The molecule has 6 nitrogen and oxygen atoms in total. The zero-order valence-electron chi connectivity index (χ0n) is 10.3. The van der Waals surface area contributed by atoms with Gasteiger partial charge in [-0.05, 0) is 6.92 Å². The number of methoxy groups -OCH3 is 1. The summed E-state index contributed by atoms with van der Waals surface area (Å²) in [6.07, 6.45) is 5.77. The molecular formula is C11H17N5O. The summed E-state index contributed by atoms with van der Waals surface area (Å²) in [4.78, 5) is 4.37. The third-order valence-electron chi connectivity index (χ3n) is 2.47. The average Bonchev–Trinajstić information content (AvgIpc) is 2.92. The van der Waals surface area contributed by atoms with E-state index in [1.165, 1.54) is 0 Å². The van der Waals surface area contributed by atoms with Crippen LogP contribution in [-0.2, 0) is 11.3 Å². The molecule has 0 saturated carbocycles. The summed E-state index contributed by atoms with van der Waals surface area (Å²) >= 11 is 0. The largest absolute Gasteiger partial charge is 0.383 e. The Labute approximate surface area is 100 Å². The third-order valence-corrected chi connectivity index (χ3v) is 2.47. The first kappa shape index (κ1) is 11.7. The molecule has 1 N–H and O–H groups in total. The zero-order chi connectivity index (χ0) is 12.3. The molecule has 92 valence electrons. The minimum atomic E-state index is 0.656. The van der Waals surface area contributed by atoms with Gasteiger partial charge in [0, 0.05) is 26.6 Å². The molecule has 0 unspecified atom stereocenters. The number of rotatable bonds is 5. The van der Waals surface area contributed by atoms with Gasteiger partial charge in [-0.2, -0.15) is 5.10 Å². The number of hydrogen-bond acceptors (Lipinski definition) is 4. The van der Waals surface area contributed by atoms with Crippen LogP contribution in [0.4, 0.5) is 5.95 Å². The van der Waals surface area contributed by atoms with Gasteiger partial charge in [0.25, 0.3) is 0 Å². The van der Waals surface area contributed by atoms with E-state index < -0.39 is 0 Å². The Morgan fingerprint density at radius 2 is 2.24 bits per heavy atom. The van der Waals surface area contributed by atoms with Crippen molar-refractivity contribution in [3.63, 3.8) is 0 Å². The topological polar surface area (TPSA) is 56.9 Å². The summed E-state index contributed by atoms with van der Waals surface area (Å²) in [7, 11) is 3.54. The lowest BCUT2D eigenvalue weighted by Gasteiger charge is -2.03. The van der Waals surface area contributed by atoms with E-state index in [1.54, 1.807) is 7.11 Å². The molecule has 0 amide bonds. The smallest absolute Gasteiger partial charge is 0.207 e. The molecule has 17 heavy (non-hydrogen) atoms. The van der Waals surface area contributed by atoms with Crippen LogP contribution in [0.2, 0.25) is 0 Å². The minimum absolute atomic E-state index is 0.656. The van der Waals surface area contributed by atoms with Gasteiger partial charge < -0.3 is 10.1 Å². The fourth-order valence-electron chi connectivity index (χ4n) is 1.66. The maximum absolute atomic E-state index is 5.02. The molecule has 2 heterocycles. The molecule has 0 aliphatic carbocycles. The molecule has 2 aromatic heterocycles. The Kier molecular flexibility index (Phi) is 3.43. The van der Waals surface area contributed by atoms with Gasteiger partial charge in [0.15, 0.2) is 0 Å². The highest BCUT2D eigenvalue weighted by Crippen LogP contribution is 2.15. The highest BCUT2D eigenvalue weighted by Gasteiger charge is 2.07. The molecule has 6 heteroatoms. The number of nitrogens with zero attached hydrogens (tertiary/aromatic N) is 4. The van der Waals surface area contributed by atoms with Gasteiger partial charge in [-0.15, -0.1) is 0 Å². The normalized spacial score (nSPS) is 10.8. The maximum atomic E-state index is 5.02. The van der Waals surface area contributed by atoms with Crippen molar-refractivity contribution in [2.75, 3.05) is 26.1 Å². The quantitative estimate of drug-likeness (QED) is 0.842. The second-order valence-corrected chi connectivity index (χ2v) is 3.78. The van der Waals surface area contributed by atoms with E-state index in [1.807, 2.05) is 41.8 Å². The van der Waals surface area contributed by atoms with Gasteiger partial charge in [0.2, 0.25) is 5.95 Å². The first-order valence-corrected chi connectivity index (χ1v) is 5.50. The monoisotopic (exact) mass is 235 g/mol. The summed E-state index contributed by atoms with van der Waals surface area (Å²) in [5.74, 6) is 0.814. The predicted molar refractivity (Wildman–Crippen MR) is 65.5 cm³/mol. The number of aryl methyl sites for hydroxylation is 1. The Morgan fingerprint density at radius 1 is 1.41 bits per heavy atom. The summed E-state index contributed by atoms with van der Waals surface area (Å²) in [5.41, 5.74) is 1.96. The van der Waals surface area contributed by atoms with Crippen LogP contribution in [0.1, 0.15) is 5.69 Å². The number of imidazole rings is 1. The lowest BCUT2D eigenvalue weighted by Crippen LogP contribution is -2.04. The van der Waals surface area contributed by atoms with E-state index in [2.05, 4.69) is 15.4 Å². The van der Waals surface area contributed by atoms with Crippen LogP contribution in [0.25, 0.3) is 5.69 Å². The van der Waals surface area contributed by atoms with E-state index in [4.69, 9.17) is 4.74 Å². The number of hydrogen-bond donors (Lipinski definition) is 1. The van der Waals surface area contributed by atoms with E-state index in [0.29, 0.717) is 6.61 Å². The predicted octanol–water partition coefficient (Wildman–Crippen LogP) is 1.07. The van der Waals surface area contributed by atoms with Crippen molar-refractivity contribution in [3.05, 3.63) is 24.3 Å². The fraction of sp³-hybridized carbons (Fsp3) is 0.455. The molecule has 0 radical (unpaired) electrons. The second kappa shape index (κ2) is 5.01. The molecule has 0 fully saturated rings. The molecule has 0 atom stereocenters. The zero-order valence-corrected chi connectivity index (χ0v) is 10.3. The first-order valence-electron chi connectivity index (χ1n) is 5.50. The lowest BCUT2D eigenvalue weighted by atomic mass is 10.5. The number of aromatic nitrogens is 4. The highest BCUT2D eigenvalue weighted by atomic mass is 16.5. The second-order valence-electron chi connectivity index (χ2n) is 3.78. The van der Waals surface area contributed by atoms with Crippen molar-refractivity contribution in [1.82, 2.24) is 19.3 Å². The van der Waals surface area contributed by atoms with Crippen LogP contribution in [-0.4, -0.2) is 40.1 Å². The van der Waals surface area contributed by atoms with Gasteiger partial charge in [-0.1, -0.05) is 0 Å². The Hall–Kier alpha value is -1.82. The Bertz CT molecular complexity index is 488. The average molecular weight is 235 g/mol. The van der Waals surface area contributed by atoms with Crippen LogP contribution in [0.15, 0.2) is 18.6 Å². The standard InChI is InChI=1S/C11H17N5O/c1-9-7-16(11(12-2)14-9)10-6-13-15(8-10)4-5-17-3/h6-8H,4-5H2,1-3H3,(H,12,14). The molecule has 0 aliphatic heterocycles. The summed E-state index contributed by atoms with van der Waals surface area (Å²) in [6.45, 7) is 3.37. The van der Waals surface area contributed by atoms with Crippen molar-refractivity contribution >= 4 is 5.95 Å². The van der Waals surface area contributed by atoms with E-state index >= 15 is 0 Å². The summed E-state index contributed by atoms with van der Waals surface area (Å²) in [6, 6.07) is 0. The first-order chi connectivity index (χ1) is 8.24. The van der Waals surface area contributed by atoms with E-state index in [0.717, 1.165) is 23.9 Å². The fourth-order valence-corrected chi connectivity index (χ4v) is 1.66. The molecule has 0 saturated heterocycles. The number of ether oxygens (including phenoxy) is 1. The Morgan fingerprint density at radius 3 is 2.94 bits per heavy atom. The van der Waals surface area contributed by atoms with Gasteiger partial charge in [-0.25, -0.2) is 4.98 Å². The van der Waals surface area contributed by atoms with Crippen LogP contribution >= 0.6 is 0 Å². The maximum Gasteiger partial charge on any atom is 0.207 e. The van der Waals surface area contributed by atoms with Crippen molar-refractivity contribution < 1.29 is 4.74 Å². The molecule has 2 rings (SSSR count). The SMILES string of the molecule is CNc1nc(C)cn1-c1cnn(CCOC)c1. The molecule has 0 bridgehead atoms. The van der Waals surface area contributed by atoms with Crippen LogP contribution in [0, 0.1) is 6.92 Å². The molecule has 0 aliphatic rings.